The average molecular weight is 267 g/mol. The minimum atomic E-state index is -1.43. The first-order valence-corrected chi connectivity index (χ1v) is 5.22. The number of azide groups is 1. The lowest BCUT2D eigenvalue weighted by Gasteiger charge is -2.17. The second-order valence-electron chi connectivity index (χ2n) is 3.62. The number of aromatic nitrogens is 1. The summed E-state index contributed by atoms with van der Waals surface area (Å²) in [6.07, 6.45) is -1.59. The van der Waals surface area contributed by atoms with Gasteiger partial charge in [-0.3, -0.25) is 0 Å². The standard InChI is InChI=1S/C10H13N5O4/c1-19-10(18)5-2-6(9(11)13-3-5)8(17)7(16)4-14-15-12/h2-3,7-8,16-17H,4H2,1H3,(H2,11,13). The molecule has 0 amide bonds. The Morgan fingerprint density at radius 1 is 1.68 bits per heavy atom. The van der Waals surface area contributed by atoms with Crippen LogP contribution < -0.4 is 5.73 Å². The van der Waals surface area contributed by atoms with Gasteiger partial charge in [0.2, 0.25) is 0 Å². The van der Waals surface area contributed by atoms with Gasteiger partial charge in [0.05, 0.1) is 25.3 Å². The molecule has 1 aromatic heterocycles. The molecule has 0 aliphatic heterocycles. The number of nitrogens with two attached hydrogens (primary N) is 1. The Hall–Kier alpha value is -2.35. The molecule has 0 radical (unpaired) electrons. The van der Waals surface area contributed by atoms with Crippen molar-refractivity contribution in [1.29, 1.82) is 0 Å². The van der Waals surface area contributed by atoms with Crippen LogP contribution in [0.1, 0.15) is 22.0 Å². The average Bonchev–Trinajstić information content (AvgIpc) is 2.43. The molecule has 0 saturated carbocycles. The summed E-state index contributed by atoms with van der Waals surface area (Å²) in [5.74, 6) is -0.689. The van der Waals surface area contributed by atoms with E-state index in [1.165, 1.54) is 19.4 Å². The molecule has 0 aliphatic carbocycles. The molecule has 0 saturated heterocycles. The van der Waals surface area contributed by atoms with Crippen LogP contribution in [0.3, 0.4) is 0 Å². The third-order valence-electron chi connectivity index (χ3n) is 2.39. The highest BCUT2D eigenvalue weighted by molar-refractivity contribution is 5.89. The number of rotatable bonds is 5. The van der Waals surface area contributed by atoms with Crippen molar-refractivity contribution in [2.75, 3.05) is 19.4 Å². The molecule has 1 aromatic rings. The molecule has 9 nitrogen and oxygen atoms in total. The molecule has 0 spiro atoms. The number of hydrogen-bond donors (Lipinski definition) is 3. The number of hydrogen-bond acceptors (Lipinski definition) is 7. The summed E-state index contributed by atoms with van der Waals surface area (Å²) in [5, 5.41) is 22.6. The molecule has 1 rings (SSSR count). The maximum absolute atomic E-state index is 11.3. The highest BCUT2D eigenvalue weighted by atomic mass is 16.5. The number of carbonyl (C=O) groups is 1. The van der Waals surface area contributed by atoms with Crippen molar-refractivity contribution >= 4 is 11.8 Å². The summed E-state index contributed by atoms with van der Waals surface area (Å²) in [7, 11) is 1.20. The fourth-order valence-electron chi connectivity index (χ4n) is 1.39. The summed E-state index contributed by atoms with van der Waals surface area (Å²) in [6, 6.07) is 1.26. The molecule has 4 N–H and O–H groups in total. The third-order valence-corrected chi connectivity index (χ3v) is 2.39. The molecule has 2 atom stereocenters. The second-order valence-corrected chi connectivity index (χ2v) is 3.62. The van der Waals surface area contributed by atoms with Crippen molar-refractivity contribution in [3.63, 3.8) is 0 Å². The molecule has 0 aliphatic rings. The van der Waals surface area contributed by atoms with Crippen molar-refractivity contribution in [3.05, 3.63) is 33.8 Å². The molecule has 9 heteroatoms. The van der Waals surface area contributed by atoms with E-state index in [-0.39, 0.29) is 23.5 Å². The van der Waals surface area contributed by atoms with Crippen LogP contribution in [0.15, 0.2) is 17.4 Å². The van der Waals surface area contributed by atoms with Crippen LogP contribution in [-0.2, 0) is 4.74 Å². The van der Waals surface area contributed by atoms with Crippen LogP contribution in [0.2, 0.25) is 0 Å². The first kappa shape index (κ1) is 14.7. The van der Waals surface area contributed by atoms with Gasteiger partial charge in [0.15, 0.2) is 0 Å². The van der Waals surface area contributed by atoms with E-state index in [2.05, 4.69) is 19.7 Å². The van der Waals surface area contributed by atoms with Crippen molar-refractivity contribution in [3.8, 4) is 0 Å². The molecule has 0 bridgehead atoms. The van der Waals surface area contributed by atoms with E-state index in [1.807, 2.05) is 0 Å². The first-order valence-electron chi connectivity index (χ1n) is 5.22. The summed E-state index contributed by atoms with van der Waals surface area (Å²) in [5.41, 5.74) is 13.8. The van der Waals surface area contributed by atoms with Crippen molar-refractivity contribution < 1.29 is 19.7 Å². The monoisotopic (exact) mass is 267 g/mol. The highest BCUT2D eigenvalue weighted by Gasteiger charge is 2.22. The number of nitrogen functional groups attached to an aromatic ring is 1. The van der Waals surface area contributed by atoms with E-state index in [4.69, 9.17) is 11.3 Å². The third kappa shape index (κ3) is 3.55. The van der Waals surface area contributed by atoms with Crippen molar-refractivity contribution in [2.45, 2.75) is 12.2 Å². The van der Waals surface area contributed by atoms with Gasteiger partial charge in [0, 0.05) is 16.7 Å². The maximum Gasteiger partial charge on any atom is 0.339 e. The smallest absolute Gasteiger partial charge is 0.339 e. The van der Waals surface area contributed by atoms with Crippen LogP contribution in [0.4, 0.5) is 5.82 Å². The van der Waals surface area contributed by atoms with Crippen molar-refractivity contribution in [2.24, 2.45) is 5.11 Å². The van der Waals surface area contributed by atoms with Gasteiger partial charge in [-0.15, -0.1) is 0 Å². The van der Waals surface area contributed by atoms with E-state index < -0.39 is 18.2 Å². The molecular weight excluding hydrogens is 254 g/mol. The molecule has 0 aromatic carbocycles. The van der Waals surface area contributed by atoms with E-state index in [1.54, 1.807) is 0 Å². The molecule has 1 heterocycles. The van der Waals surface area contributed by atoms with Gasteiger partial charge >= 0.3 is 5.97 Å². The largest absolute Gasteiger partial charge is 0.465 e. The Morgan fingerprint density at radius 2 is 2.37 bits per heavy atom. The number of pyridine rings is 1. The first-order chi connectivity index (χ1) is 9.01. The number of nitrogens with zero attached hydrogens (tertiary/aromatic N) is 4. The minimum Gasteiger partial charge on any atom is -0.465 e. The quantitative estimate of drug-likeness (QED) is 0.298. The number of carbonyl (C=O) groups excluding carboxylic acids is 1. The summed E-state index contributed by atoms with van der Waals surface area (Å²) >= 11 is 0. The zero-order chi connectivity index (χ0) is 14.4. The normalized spacial score (nSPS) is 13.2. The molecule has 102 valence electrons. The van der Waals surface area contributed by atoms with E-state index in [0.29, 0.717) is 0 Å². The molecule has 0 fully saturated rings. The predicted molar refractivity (Wildman–Crippen MR) is 65.0 cm³/mol. The number of ether oxygens (including phenoxy) is 1. The van der Waals surface area contributed by atoms with Crippen LogP contribution in [-0.4, -0.2) is 40.9 Å². The summed E-state index contributed by atoms with van der Waals surface area (Å²) in [6.45, 7) is -0.334. The Kier molecular flexibility index (Phi) is 5.07. The van der Waals surface area contributed by atoms with Gasteiger partial charge in [-0.05, 0) is 11.6 Å². The number of esters is 1. The number of methoxy groups -OCH3 is 1. The van der Waals surface area contributed by atoms with E-state index >= 15 is 0 Å². The van der Waals surface area contributed by atoms with Gasteiger partial charge in [-0.25, -0.2) is 9.78 Å². The Labute approximate surface area is 108 Å². The van der Waals surface area contributed by atoms with Gasteiger partial charge in [0.1, 0.15) is 11.9 Å². The molecule has 2 unspecified atom stereocenters. The second kappa shape index (κ2) is 6.55. The minimum absolute atomic E-state index is 0.0415. The molecular formula is C10H13N5O4. The number of aliphatic hydroxyl groups excluding tert-OH is 2. The zero-order valence-corrected chi connectivity index (χ0v) is 10.1. The van der Waals surface area contributed by atoms with Gasteiger partial charge in [-0.2, -0.15) is 0 Å². The fourth-order valence-corrected chi connectivity index (χ4v) is 1.39. The van der Waals surface area contributed by atoms with Crippen LogP contribution in [0.5, 0.6) is 0 Å². The lowest BCUT2D eigenvalue weighted by atomic mass is 10.0. The lowest BCUT2D eigenvalue weighted by molar-refractivity contribution is 0.0245. The van der Waals surface area contributed by atoms with Crippen LogP contribution in [0.25, 0.3) is 10.4 Å². The fraction of sp³-hybridized carbons (Fsp3) is 0.400. The number of aliphatic hydroxyl groups is 2. The Balaban J connectivity index is 3.04. The Morgan fingerprint density at radius 3 is 2.95 bits per heavy atom. The SMILES string of the molecule is COC(=O)c1cnc(N)c(C(O)C(O)CN=[N+]=[N-])c1. The topological polar surface area (TPSA) is 154 Å². The van der Waals surface area contributed by atoms with Crippen molar-refractivity contribution in [1.82, 2.24) is 4.98 Å². The van der Waals surface area contributed by atoms with Gasteiger partial charge < -0.3 is 20.7 Å². The lowest BCUT2D eigenvalue weighted by Crippen LogP contribution is -2.23. The summed E-state index contributed by atoms with van der Waals surface area (Å²) in [4.78, 5) is 17.5. The van der Waals surface area contributed by atoms with Crippen LogP contribution in [0, 0.1) is 0 Å². The van der Waals surface area contributed by atoms with Gasteiger partial charge in [-0.1, -0.05) is 5.11 Å². The van der Waals surface area contributed by atoms with E-state index in [0.717, 1.165) is 0 Å². The van der Waals surface area contributed by atoms with E-state index in [9.17, 15) is 15.0 Å². The highest BCUT2D eigenvalue weighted by Crippen LogP contribution is 2.23. The zero-order valence-electron chi connectivity index (χ0n) is 10.1. The number of anilines is 1. The molecule has 19 heavy (non-hydrogen) atoms. The summed E-state index contributed by atoms with van der Waals surface area (Å²) < 4.78 is 4.51. The Bertz CT molecular complexity index is 515. The van der Waals surface area contributed by atoms with Gasteiger partial charge in [0.25, 0.3) is 0 Å². The predicted octanol–water partition coefficient (Wildman–Crippen LogP) is 0.155. The van der Waals surface area contributed by atoms with Crippen LogP contribution >= 0.6 is 0 Å². The maximum atomic E-state index is 11.3.